The van der Waals surface area contributed by atoms with Gasteiger partial charge in [0.15, 0.2) is 11.5 Å². The average Bonchev–Trinajstić information content (AvgIpc) is 2.88. The van der Waals surface area contributed by atoms with Crippen LogP contribution in [0.5, 0.6) is 11.5 Å². The predicted octanol–water partition coefficient (Wildman–Crippen LogP) is 6.25. The van der Waals surface area contributed by atoms with Gasteiger partial charge < -0.3 is 14.8 Å². The second-order valence-electron chi connectivity index (χ2n) is 8.99. The Morgan fingerprint density at radius 3 is 2.16 bits per heavy atom. The van der Waals surface area contributed by atoms with Gasteiger partial charge in [-0.25, -0.2) is 0 Å². The van der Waals surface area contributed by atoms with Crippen LogP contribution in [0.3, 0.4) is 0 Å². The van der Waals surface area contributed by atoms with E-state index in [1.54, 1.807) is 14.2 Å². The number of hydrogen-bond acceptors (Lipinski definition) is 4. The maximum absolute atomic E-state index is 13.0. The van der Waals surface area contributed by atoms with E-state index >= 15 is 0 Å². The van der Waals surface area contributed by atoms with Gasteiger partial charge in [0.05, 0.1) is 18.8 Å². The molecular weight excluding hydrogens is 481 g/mol. The van der Waals surface area contributed by atoms with E-state index in [0.29, 0.717) is 24.3 Å². The van der Waals surface area contributed by atoms with Gasteiger partial charge in [-0.3, -0.25) is 10.1 Å². The van der Waals surface area contributed by atoms with Gasteiger partial charge in [0.25, 0.3) is 0 Å². The summed E-state index contributed by atoms with van der Waals surface area (Å²) in [5.41, 5.74) is 1.75. The summed E-state index contributed by atoms with van der Waals surface area (Å²) in [4.78, 5) is 12.9. The summed E-state index contributed by atoms with van der Waals surface area (Å²) in [6, 6.07) is 19.2. The largest absolute Gasteiger partial charge is 0.493 e. The van der Waals surface area contributed by atoms with Crippen molar-refractivity contribution < 1.29 is 27.4 Å². The Hall–Kier alpha value is -3.52. The standard InChI is InChI=1S/C29H33F3N2O3/c1-19(2)37-25-17-13-22(18-26(25)36-4)24(16-12-20-10-14-23(15-11-20)29(30,31)32)34-27(28(35)33-3)21-8-6-5-7-9-21/h5-11,13-15,17-19,24,27,34H,12,16H2,1-4H3,(H,33,35)/t24?,27-/m1/s1. The first-order valence-electron chi connectivity index (χ1n) is 12.2. The summed E-state index contributed by atoms with van der Waals surface area (Å²) in [7, 11) is 3.15. The number of alkyl halides is 3. The third-order valence-electron chi connectivity index (χ3n) is 5.97. The van der Waals surface area contributed by atoms with E-state index in [0.717, 1.165) is 28.8 Å². The number of likely N-dealkylation sites (N-methyl/N-ethyl adjacent to an activating group) is 1. The number of carbonyl (C=O) groups is 1. The minimum atomic E-state index is -4.38. The second kappa shape index (κ2) is 12.6. The Balaban J connectivity index is 1.93. The van der Waals surface area contributed by atoms with Gasteiger partial charge >= 0.3 is 6.18 Å². The summed E-state index contributed by atoms with van der Waals surface area (Å²) < 4.78 is 50.4. The second-order valence-corrected chi connectivity index (χ2v) is 8.99. The van der Waals surface area contributed by atoms with Crippen LogP contribution < -0.4 is 20.1 Å². The molecule has 0 radical (unpaired) electrons. The molecule has 0 aromatic heterocycles. The third kappa shape index (κ3) is 7.73. The zero-order valence-electron chi connectivity index (χ0n) is 21.4. The van der Waals surface area contributed by atoms with Gasteiger partial charge in [0.2, 0.25) is 5.91 Å². The molecule has 2 N–H and O–H groups in total. The van der Waals surface area contributed by atoms with Gasteiger partial charge in [-0.1, -0.05) is 48.5 Å². The predicted molar refractivity (Wildman–Crippen MR) is 138 cm³/mol. The number of rotatable bonds is 11. The number of aryl methyl sites for hydroxylation is 1. The summed E-state index contributed by atoms with van der Waals surface area (Å²) in [5.74, 6) is 0.967. The monoisotopic (exact) mass is 514 g/mol. The molecule has 3 rings (SSSR count). The quantitative estimate of drug-likeness (QED) is 0.318. The van der Waals surface area contributed by atoms with Crippen molar-refractivity contribution in [2.45, 2.75) is 51.1 Å². The highest BCUT2D eigenvalue weighted by Gasteiger charge is 2.30. The lowest BCUT2D eigenvalue weighted by molar-refractivity contribution is -0.137. The number of ether oxygens (including phenoxy) is 2. The summed E-state index contributed by atoms with van der Waals surface area (Å²) >= 11 is 0. The van der Waals surface area contributed by atoms with Crippen molar-refractivity contribution in [3.63, 3.8) is 0 Å². The molecule has 0 fully saturated rings. The molecule has 0 aliphatic rings. The molecule has 5 nitrogen and oxygen atoms in total. The smallest absolute Gasteiger partial charge is 0.416 e. The van der Waals surface area contributed by atoms with Crippen LogP contribution in [0.4, 0.5) is 13.2 Å². The molecule has 0 aliphatic heterocycles. The van der Waals surface area contributed by atoms with Crippen LogP contribution in [0.15, 0.2) is 72.8 Å². The van der Waals surface area contributed by atoms with E-state index in [-0.39, 0.29) is 18.1 Å². The number of benzene rings is 3. The van der Waals surface area contributed by atoms with Gasteiger partial charge in [-0.2, -0.15) is 13.2 Å². The average molecular weight is 515 g/mol. The van der Waals surface area contributed by atoms with E-state index in [1.807, 2.05) is 62.4 Å². The molecule has 198 valence electrons. The third-order valence-corrected chi connectivity index (χ3v) is 5.97. The molecule has 1 amide bonds. The minimum absolute atomic E-state index is 0.0379. The van der Waals surface area contributed by atoms with Crippen LogP contribution in [0, 0.1) is 0 Å². The van der Waals surface area contributed by atoms with Crippen molar-refractivity contribution in [1.82, 2.24) is 10.6 Å². The summed E-state index contributed by atoms with van der Waals surface area (Å²) in [5, 5.41) is 6.18. The topological polar surface area (TPSA) is 59.6 Å². The molecule has 3 aromatic carbocycles. The molecule has 2 atom stereocenters. The Labute approximate surface area is 216 Å². The number of methoxy groups -OCH3 is 1. The number of nitrogens with one attached hydrogen (secondary N) is 2. The fourth-order valence-corrected chi connectivity index (χ4v) is 4.08. The lowest BCUT2D eigenvalue weighted by Gasteiger charge is -2.27. The normalized spacial score (nSPS) is 13.2. The Bertz CT molecular complexity index is 1150. The molecule has 0 bridgehead atoms. The van der Waals surface area contributed by atoms with E-state index in [1.165, 1.54) is 12.1 Å². The van der Waals surface area contributed by atoms with E-state index in [9.17, 15) is 18.0 Å². The van der Waals surface area contributed by atoms with Gasteiger partial charge in [-0.05, 0) is 67.6 Å². The molecule has 0 saturated carbocycles. The fourth-order valence-electron chi connectivity index (χ4n) is 4.08. The first kappa shape index (κ1) is 28.1. The van der Waals surface area contributed by atoms with Crippen LogP contribution >= 0.6 is 0 Å². The number of carbonyl (C=O) groups excluding carboxylic acids is 1. The van der Waals surface area contributed by atoms with Crippen LogP contribution in [-0.4, -0.2) is 26.2 Å². The first-order valence-corrected chi connectivity index (χ1v) is 12.2. The van der Waals surface area contributed by atoms with Crippen molar-refractivity contribution in [2.24, 2.45) is 0 Å². The summed E-state index contributed by atoms with van der Waals surface area (Å²) in [6.07, 6.45) is -3.39. The highest BCUT2D eigenvalue weighted by atomic mass is 19.4. The van der Waals surface area contributed by atoms with Gasteiger partial charge in [0, 0.05) is 13.1 Å². The molecule has 0 heterocycles. The zero-order chi connectivity index (χ0) is 27.0. The molecule has 1 unspecified atom stereocenters. The molecule has 3 aromatic rings. The SMILES string of the molecule is CNC(=O)[C@H](NC(CCc1ccc(C(F)(F)F)cc1)c1ccc(OC(C)C)c(OC)c1)c1ccccc1. The summed E-state index contributed by atoms with van der Waals surface area (Å²) in [6.45, 7) is 3.85. The number of halogens is 3. The molecule has 0 saturated heterocycles. The highest BCUT2D eigenvalue weighted by Crippen LogP contribution is 2.34. The molecule has 37 heavy (non-hydrogen) atoms. The van der Waals surface area contributed by atoms with Crippen molar-refractivity contribution in [1.29, 1.82) is 0 Å². The van der Waals surface area contributed by atoms with Crippen LogP contribution in [0.25, 0.3) is 0 Å². The molecule has 0 aliphatic carbocycles. The Morgan fingerprint density at radius 2 is 1.59 bits per heavy atom. The Kier molecular flexibility index (Phi) is 9.58. The van der Waals surface area contributed by atoms with Crippen molar-refractivity contribution in [3.05, 3.63) is 95.1 Å². The highest BCUT2D eigenvalue weighted by molar-refractivity contribution is 5.83. The van der Waals surface area contributed by atoms with Crippen LogP contribution in [-0.2, 0) is 17.4 Å². The van der Waals surface area contributed by atoms with Crippen molar-refractivity contribution >= 4 is 5.91 Å². The van der Waals surface area contributed by atoms with Gasteiger partial charge in [0.1, 0.15) is 6.04 Å². The molecule has 8 heteroatoms. The lowest BCUT2D eigenvalue weighted by atomic mass is 9.95. The first-order chi connectivity index (χ1) is 17.6. The minimum Gasteiger partial charge on any atom is -0.493 e. The van der Waals surface area contributed by atoms with E-state index in [2.05, 4.69) is 10.6 Å². The van der Waals surface area contributed by atoms with E-state index < -0.39 is 17.8 Å². The van der Waals surface area contributed by atoms with Crippen molar-refractivity contribution in [2.75, 3.05) is 14.2 Å². The van der Waals surface area contributed by atoms with Crippen LogP contribution in [0.2, 0.25) is 0 Å². The van der Waals surface area contributed by atoms with Crippen molar-refractivity contribution in [3.8, 4) is 11.5 Å². The number of hydrogen-bond donors (Lipinski definition) is 2. The fraction of sp³-hybridized carbons (Fsp3) is 0.345. The zero-order valence-corrected chi connectivity index (χ0v) is 21.4. The molecular formula is C29H33F3N2O3. The lowest BCUT2D eigenvalue weighted by Crippen LogP contribution is -2.38. The molecule has 0 spiro atoms. The Morgan fingerprint density at radius 1 is 0.919 bits per heavy atom. The van der Waals surface area contributed by atoms with Gasteiger partial charge in [-0.15, -0.1) is 0 Å². The maximum Gasteiger partial charge on any atom is 0.416 e. The van der Waals surface area contributed by atoms with E-state index in [4.69, 9.17) is 9.47 Å². The number of amides is 1. The van der Waals surface area contributed by atoms with Crippen LogP contribution in [0.1, 0.15) is 54.6 Å². The maximum atomic E-state index is 13.0.